The third-order valence-corrected chi connectivity index (χ3v) is 12.2. The molecule has 1 aromatic heterocycles. The summed E-state index contributed by atoms with van der Waals surface area (Å²) in [6, 6.07) is 45.5. The third-order valence-electron chi connectivity index (χ3n) is 12.2. The van der Waals surface area contributed by atoms with E-state index in [-0.39, 0.29) is 43.7 Å². The molecule has 9 heteroatoms. The van der Waals surface area contributed by atoms with Crippen LogP contribution in [-0.2, 0) is 0 Å². The smallest absolute Gasteiger partial charge is 0.136 e. The molecule has 0 unspecified atom stereocenters. The Bertz CT molecular complexity index is 3560. The van der Waals surface area contributed by atoms with Crippen LogP contribution in [0.1, 0.15) is 0 Å². The van der Waals surface area contributed by atoms with Gasteiger partial charge in [0, 0.05) is 10.8 Å². The van der Waals surface area contributed by atoms with E-state index in [1.165, 1.54) is 0 Å². The molecule has 252 valence electrons. The van der Waals surface area contributed by atoms with Crippen molar-refractivity contribution < 1.29 is 4.42 Å². The molecule has 59 heavy (non-hydrogen) atoms. The summed E-state index contributed by atoms with van der Waals surface area (Å²) < 4.78 is 6.29. The summed E-state index contributed by atoms with van der Waals surface area (Å²) in [6.45, 7) is 0. The minimum atomic E-state index is 0.171. The lowest BCUT2D eigenvalue weighted by Gasteiger charge is -2.29. The van der Waals surface area contributed by atoms with Gasteiger partial charge in [-0.3, -0.25) is 0 Å². The predicted octanol–water partition coefficient (Wildman–Crippen LogP) is 4.70. The lowest BCUT2D eigenvalue weighted by Crippen LogP contribution is -2.50. The van der Waals surface area contributed by atoms with E-state index in [1.807, 2.05) is 54.6 Å². The molecule has 1 nitrogen and oxygen atoms in total. The summed E-state index contributed by atoms with van der Waals surface area (Å²) in [5, 5.41) is 10.9. The first-order valence-corrected chi connectivity index (χ1v) is 19.2. The SMILES string of the molecule is [B]c1c([B])c([B])c2c(-c3cc4ccccc4c4ccccc34)c3c([B])c([B])c([B])c([B])c3c(-c3ccc(-c4ccc5oc6ccc7ccccc7c6c5c4)cc3)c2c1[B]. The first-order chi connectivity index (χ1) is 28.6. The highest BCUT2D eigenvalue weighted by Crippen LogP contribution is 2.45. The van der Waals surface area contributed by atoms with Crippen molar-refractivity contribution in [3.63, 3.8) is 0 Å². The van der Waals surface area contributed by atoms with Crippen LogP contribution in [0.4, 0.5) is 0 Å². The van der Waals surface area contributed by atoms with Gasteiger partial charge in [0.05, 0.1) is 0 Å². The van der Waals surface area contributed by atoms with E-state index in [0.717, 1.165) is 76.5 Å². The van der Waals surface area contributed by atoms with Gasteiger partial charge >= 0.3 is 0 Å². The summed E-state index contributed by atoms with van der Waals surface area (Å²) in [4.78, 5) is 0. The first kappa shape index (κ1) is 35.9. The number of hydrogen-bond donors (Lipinski definition) is 0. The lowest BCUT2D eigenvalue weighted by molar-refractivity contribution is 0.669. The monoisotopic (exact) mass is 726 g/mol. The minimum Gasteiger partial charge on any atom is -0.456 e. The largest absolute Gasteiger partial charge is 0.456 e. The van der Waals surface area contributed by atoms with Gasteiger partial charge in [-0.05, 0) is 112 Å². The molecule has 1 heterocycles. The lowest BCUT2D eigenvalue weighted by atomic mass is 9.59. The van der Waals surface area contributed by atoms with Crippen LogP contribution in [0, 0.1) is 0 Å². The molecule has 0 bridgehead atoms. The van der Waals surface area contributed by atoms with Crippen LogP contribution >= 0.6 is 0 Å². The Kier molecular flexibility index (Phi) is 8.02. The molecule has 11 aromatic rings. The second kappa shape index (κ2) is 13.2. The van der Waals surface area contributed by atoms with Crippen molar-refractivity contribution in [3.8, 4) is 33.4 Å². The molecule has 0 atom stereocenters. The van der Waals surface area contributed by atoms with Crippen LogP contribution in [0.3, 0.4) is 0 Å². The zero-order valence-corrected chi connectivity index (χ0v) is 31.7. The minimum absolute atomic E-state index is 0.171. The fraction of sp³-hybridized carbons (Fsp3) is 0. The average Bonchev–Trinajstić information content (AvgIpc) is 3.66. The highest BCUT2D eigenvalue weighted by molar-refractivity contribution is 6.71. The molecular formula is C50H22B8O. The topological polar surface area (TPSA) is 13.1 Å². The van der Waals surface area contributed by atoms with Crippen LogP contribution in [0.15, 0.2) is 138 Å². The van der Waals surface area contributed by atoms with Crippen LogP contribution in [-0.4, -0.2) is 62.8 Å². The van der Waals surface area contributed by atoms with E-state index in [4.69, 9.17) is 67.2 Å². The van der Waals surface area contributed by atoms with Crippen LogP contribution in [0.5, 0.6) is 0 Å². The maximum atomic E-state index is 7.09. The van der Waals surface area contributed by atoms with Gasteiger partial charge in [-0.15, -0.1) is 21.9 Å². The number of hydrogen-bond acceptors (Lipinski definition) is 1. The number of fused-ring (bicyclic) bond motifs is 10. The summed E-state index contributed by atoms with van der Waals surface area (Å²) in [7, 11) is 55.1. The zero-order valence-electron chi connectivity index (χ0n) is 31.7. The van der Waals surface area contributed by atoms with Crippen molar-refractivity contribution in [1.82, 2.24) is 0 Å². The zero-order chi connectivity index (χ0) is 40.4. The van der Waals surface area contributed by atoms with Crippen molar-refractivity contribution in [3.05, 3.63) is 133 Å². The van der Waals surface area contributed by atoms with Crippen LogP contribution in [0.25, 0.3) is 109 Å². The van der Waals surface area contributed by atoms with Gasteiger partial charge in [-0.25, -0.2) is 0 Å². The molecule has 10 aromatic carbocycles. The molecule has 0 amide bonds. The Hall–Kier alpha value is -6.18. The molecule has 0 saturated carbocycles. The third kappa shape index (κ3) is 5.10. The summed E-state index contributed by atoms with van der Waals surface area (Å²) in [6.07, 6.45) is 0. The molecule has 0 aliphatic carbocycles. The molecule has 0 aliphatic heterocycles. The van der Waals surface area contributed by atoms with Gasteiger partial charge < -0.3 is 4.42 Å². The molecule has 11 rings (SSSR count). The molecular weight excluding hydrogens is 703 g/mol. The maximum Gasteiger partial charge on any atom is 0.136 e. The second-order valence-electron chi connectivity index (χ2n) is 15.3. The van der Waals surface area contributed by atoms with E-state index in [0.29, 0.717) is 32.7 Å². The summed E-state index contributed by atoms with van der Waals surface area (Å²) >= 11 is 0. The van der Waals surface area contributed by atoms with Gasteiger partial charge in [0.15, 0.2) is 0 Å². The molecule has 0 spiro atoms. The van der Waals surface area contributed by atoms with Crippen molar-refractivity contribution in [2.75, 3.05) is 0 Å². The predicted molar refractivity (Wildman–Crippen MR) is 261 cm³/mol. The van der Waals surface area contributed by atoms with Crippen molar-refractivity contribution in [2.45, 2.75) is 0 Å². The second-order valence-corrected chi connectivity index (χ2v) is 15.3. The Morgan fingerprint density at radius 3 is 1.39 bits per heavy atom. The van der Waals surface area contributed by atoms with Crippen LogP contribution < -0.4 is 43.7 Å². The van der Waals surface area contributed by atoms with E-state index in [1.54, 1.807) is 0 Å². The van der Waals surface area contributed by atoms with E-state index in [9.17, 15) is 0 Å². The van der Waals surface area contributed by atoms with Crippen molar-refractivity contribution >= 4 is 182 Å². The fourth-order valence-electron chi connectivity index (χ4n) is 9.32. The quantitative estimate of drug-likeness (QED) is 0.146. The standard InChI is InChI=1S/C50H22B8O/c51-43-39-36(25-15-13-23(14-16-25)26-18-19-34-33(21-26)37-29-10-4-1-7-24(29)17-20-35(37)59-34)40-42(46(54)50(58)48(56)44(40)52)38(41(39)45(53)49(57)47(43)55)32-22-27-8-2-3-9-28(27)30-11-5-6-12-31(30)32/h1-22H. The van der Waals surface area contributed by atoms with E-state index >= 15 is 0 Å². The summed E-state index contributed by atoms with van der Waals surface area (Å²) in [5.41, 5.74) is 8.38. The molecule has 16 radical (unpaired) electrons. The molecule has 0 fully saturated rings. The van der Waals surface area contributed by atoms with Gasteiger partial charge in [0.1, 0.15) is 73.9 Å². The van der Waals surface area contributed by atoms with E-state index in [2.05, 4.69) is 78.9 Å². The van der Waals surface area contributed by atoms with Crippen molar-refractivity contribution in [1.29, 1.82) is 0 Å². The number of rotatable bonds is 3. The van der Waals surface area contributed by atoms with Crippen molar-refractivity contribution in [2.24, 2.45) is 0 Å². The van der Waals surface area contributed by atoms with Gasteiger partial charge in [-0.2, -0.15) is 0 Å². The Morgan fingerprint density at radius 1 is 0.288 bits per heavy atom. The van der Waals surface area contributed by atoms with Gasteiger partial charge in [0.2, 0.25) is 0 Å². The van der Waals surface area contributed by atoms with Gasteiger partial charge in [-0.1, -0.05) is 131 Å². The summed E-state index contributed by atoms with van der Waals surface area (Å²) in [5.74, 6) is 0. The molecule has 0 saturated heterocycles. The average molecular weight is 725 g/mol. The highest BCUT2D eigenvalue weighted by atomic mass is 16.3. The van der Waals surface area contributed by atoms with Gasteiger partial charge in [0.25, 0.3) is 0 Å². The fourth-order valence-corrected chi connectivity index (χ4v) is 9.32. The van der Waals surface area contributed by atoms with E-state index < -0.39 is 0 Å². The Labute approximate surface area is 351 Å². The normalized spacial score (nSPS) is 11.9. The maximum absolute atomic E-state index is 7.09. The Morgan fingerprint density at radius 2 is 0.763 bits per heavy atom. The number of benzene rings is 10. The Balaban J connectivity index is 1.23. The molecule has 0 aliphatic rings. The first-order valence-electron chi connectivity index (χ1n) is 19.2. The molecule has 0 N–H and O–H groups in total. The highest BCUT2D eigenvalue weighted by Gasteiger charge is 2.26. The van der Waals surface area contributed by atoms with Crippen LogP contribution in [0.2, 0.25) is 0 Å². The number of furan rings is 1.